The molecule has 2 N–H and O–H groups in total. The third-order valence-corrected chi connectivity index (χ3v) is 6.75. The van der Waals surface area contributed by atoms with Crippen LogP contribution in [-0.2, 0) is 16.0 Å². The van der Waals surface area contributed by atoms with Crippen LogP contribution in [-0.4, -0.2) is 57.2 Å². The molecule has 1 aliphatic carbocycles. The van der Waals surface area contributed by atoms with Crippen LogP contribution in [0.2, 0.25) is 0 Å². The van der Waals surface area contributed by atoms with Gasteiger partial charge < -0.3 is 14.7 Å². The fourth-order valence-corrected chi connectivity index (χ4v) is 4.93. The van der Waals surface area contributed by atoms with Crippen molar-refractivity contribution in [2.24, 2.45) is 5.41 Å². The predicted molar refractivity (Wildman–Crippen MR) is 116 cm³/mol. The highest BCUT2D eigenvalue weighted by molar-refractivity contribution is 5.79. The molecule has 3 aromatic rings. The number of nitrogens with one attached hydrogen (secondary N) is 1. The van der Waals surface area contributed by atoms with Crippen molar-refractivity contribution in [2.75, 3.05) is 19.7 Å². The van der Waals surface area contributed by atoms with Gasteiger partial charge in [0.25, 0.3) is 0 Å². The number of nitrogens with zero attached hydrogens (tertiary/aromatic N) is 3. The van der Waals surface area contributed by atoms with Crippen molar-refractivity contribution in [3.05, 3.63) is 71.5 Å². The molecule has 0 spiro atoms. The number of ether oxygens (including phenoxy) is 1. The first kappa shape index (κ1) is 20.2. The van der Waals surface area contributed by atoms with Crippen LogP contribution in [0.15, 0.2) is 54.7 Å². The summed E-state index contributed by atoms with van der Waals surface area (Å²) in [7, 11) is 0. The number of aromatic nitrogens is 3. The number of aliphatic carboxylic acids is 1. The summed E-state index contributed by atoms with van der Waals surface area (Å²) in [5.41, 5.74) is 4.36. The van der Waals surface area contributed by atoms with Gasteiger partial charge in [0.2, 0.25) is 0 Å². The summed E-state index contributed by atoms with van der Waals surface area (Å²) in [6, 6.07) is 16.4. The van der Waals surface area contributed by atoms with Crippen molar-refractivity contribution in [2.45, 2.75) is 25.2 Å². The number of rotatable bonds is 5. The van der Waals surface area contributed by atoms with E-state index in [4.69, 9.17) is 4.74 Å². The molecule has 2 heterocycles. The summed E-state index contributed by atoms with van der Waals surface area (Å²) in [6.07, 6.45) is 2.13. The van der Waals surface area contributed by atoms with E-state index in [2.05, 4.69) is 39.7 Å². The zero-order valence-corrected chi connectivity index (χ0v) is 17.5. The van der Waals surface area contributed by atoms with Crippen LogP contribution in [0.4, 0.5) is 4.79 Å². The first-order valence-electron chi connectivity index (χ1n) is 10.8. The van der Waals surface area contributed by atoms with Crippen LogP contribution >= 0.6 is 0 Å². The molecule has 0 atom stereocenters. The number of hydrogen-bond acceptors (Lipinski definition) is 5. The largest absolute Gasteiger partial charge is 0.481 e. The minimum absolute atomic E-state index is 0.00131. The second-order valence-corrected chi connectivity index (χ2v) is 8.51. The molecule has 164 valence electrons. The van der Waals surface area contributed by atoms with Gasteiger partial charge in [-0.3, -0.25) is 4.79 Å². The lowest BCUT2D eigenvalue weighted by molar-refractivity contribution is -0.151. The highest BCUT2D eigenvalue weighted by Crippen LogP contribution is 2.44. The van der Waals surface area contributed by atoms with Crippen molar-refractivity contribution >= 4 is 12.1 Å². The summed E-state index contributed by atoms with van der Waals surface area (Å²) in [5.74, 6) is -0.867. The van der Waals surface area contributed by atoms with Crippen molar-refractivity contribution in [1.29, 1.82) is 0 Å². The lowest BCUT2D eigenvalue weighted by atomic mass is 9.75. The topological polar surface area (TPSA) is 108 Å². The zero-order valence-electron chi connectivity index (χ0n) is 17.5. The number of fused-ring (bicyclic) bond motifs is 3. The standard InChI is InChI=1S/C24H24N4O4/c29-22(30)24(13-16-14-25-27-26-16)9-11-28(12-10-24)23(31)32-15-21-19-7-3-1-5-17(19)18-6-2-4-8-20(18)21/h1-8,14,21H,9-13,15H2,(H,29,30)(H,25,26,27). The van der Waals surface area contributed by atoms with Crippen molar-refractivity contribution < 1.29 is 19.4 Å². The number of benzene rings is 2. The molecule has 0 saturated carbocycles. The smallest absolute Gasteiger partial charge is 0.409 e. The molecule has 8 heteroatoms. The normalized spacial score (nSPS) is 16.9. The minimum Gasteiger partial charge on any atom is -0.481 e. The first-order valence-corrected chi connectivity index (χ1v) is 10.8. The number of carboxylic acid groups (broad SMARTS) is 1. The minimum atomic E-state index is -0.947. The molecule has 0 radical (unpaired) electrons. The van der Waals surface area contributed by atoms with E-state index in [1.165, 1.54) is 11.1 Å². The molecular weight excluding hydrogens is 408 g/mol. The van der Waals surface area contributed by atoms with Crippen LogP contribution in [0.3, 0.4) is 0 Å². The number of carbonyl (C=O) groups is 2. The fourth-order valence-electron chi connectivity index (χ4n) is 4.93. The number of likely N-dealkylation sites (tertiary alicyclic amines) is 1. The van der Waals surface area contributed by atoms with E-state index in [-0.39, 0.29) is 18.9 Å². The maximum atomic E-state index is 12.8. The van der Waals surface area contributed by atoms with Gasteiger partial charge in [0, 0.05) is 25.4 Å². The molecule has 32 heavy (non-hydrogen) atoms. The van der Waals surface area contributed by atoms with Gasteiger partial charge >= 0.3 is 12.1 Å². The third kappa shape index (κ3) is 3.51. The van der Waals surface area contributed by atoms with E-state index < -0.39 is 17.5 Å². The van der Waals surface area contributed by atoms with Crippen molar-refractivity contribution in [3.8, 4) is 11.1 Å². The predicted octanol–water partition coefficient (Wildman–Crippen LogP) is 3.46. The quantitative estimate of drug-likeness (QED) is 0.639. The molecule has 5 rings (SSSR count). The average Bonchev–Trinajstić information content (AvgIpc) is 3.44. The van der Waals surface area contributed by atoms with Crippen LogP contribution in [0.5, 0.6) is 0 Å². The number of carboxylic acids is 1. The zero-order chi connectivity index (χ0) is 22.1. The Morgan fingerprint density at radius 1 is 1.06 bits per heavy atom. The van der Waals surface area contributed by atoms with Crippen molar-refractivity contribution in [1.82, 2.24) is 20.3 Å². The lowest BCUT2D eigenvalue weighted by Crippen LogP contribution is -2.48. The summed E-state index contributed by atoms with van der Waals surface area (Å²) in [6.45, 7) is 0.925. The highest BCUT2D eigenvalue weighted by atomic mass is 16.6. The Hall–Kier alpha value is -3.68. The Labute approximate surface area is 185 Å². The SMILES string of the molecule is O=C(OCC1c2ccccc2-c2ccccc21)N1CCC(Cc2cn[nH]n2)(C(=O)O)CC1. The number of aromatic amines is 1. The molecule has 2 aliphatic rings. The Morgan fingerprint density at radius 3 is 2.25 bits per heavy atom. The number of H-pyrrole nitrogens is 1. The second kappa shape index (κ2) is 8.11. The summed E-state index contributed by atoms with van der Waals surface area (Å²) in [4.78, 5) is 26.4. The first-order chi connectivity index (χ1) is 15.6. The average molecular weight is 432 g/mol. The van der Waals surface area contributed by atoms with E-state index in [0.717, 1.165) is 11.1 Å². The van der Waals surface area contributed by atoms with Gasteiger partial charge in [-0.15, -0.1) is 0 Å². The number of hydrogen-bond donors (Lipinski definition) is 2. The molecule has 1 saturated heterocycles. The van der Waals surface area contributed by atoms with E-state index in [1.807, 2.05) is 24.3 Å². The second-order valence-electron chi connectivity index (χ2n) is 8.51. The monoisotopic (exact) mass is 432 g/mol. The summed E-state index contributed by atoms with van der Waals surface area (Å²) in [5, 5.41) is 20.1. The fraction of sp³-hybridized carbons (Fsp3) is 0.333. The summed E-state index contributed by atoms with van der Waals surface area (Å²) < 4.78 is 5.73. The van der Waals surface area contributed by atoms with E-state index in [1.54, 1.807) is 11.1 Å². The third-order valence-electron chi connectivity index (χ3n) is 6.75. The highest BCUT2D eigenvalue weighted by Gasteiger charge is 2.43. The maximum Gasteiger partial charge on any atom is 0.409 e. The number of piperidine rings is 1. The molecule has 1 aliphatic heterocycles. The Balaban J connectivity index is 1.24. The lowest BCUT2D eigenvalue weighted by Gasteiger charge is -2.38. The van der Waals surface area contributed by atoms with Crippen LogP contribution in [0.1, 0.15) is 35.6 Å². The maximum absolute atomic E-state index is 12.8. The molecule has 8 nitrogen and oxygen atoms in total. The van der Waals surface area contributed by atoms with Gasteiger partial charge in [0.15, 0.2) is 0 Å². The van der Waals surface area contributed by atoms with E-state index in [9.17, 15) is 14.7 Å². The van der Waals surface area contributed by atoms with Gasteiger partial charge in [-0.2, -0.15) is 15.4 Å². The molecule has 0 bridgehead atoms. The van der Waals surface area contributed by atoms with Gasteiger partial charge in [-0.1, -0.05) is 48.5 Å². The van der Waals surface area contributed by atoms with Gasteiger partial charge in [0.1, 0.15) is 6.61 Å². The van der Waals surface area contributed by atoms with Crippen LogP contribution in [0, 0.1) is 5.41 Å². The van der Waals surface area contributed by atoms with E-state index in [0.29, 0.717) is 31.6 Å². The molecule has 2 aromatic carbocycles. The van der Waals surface area contributed by atoms with Gasteiger partial charge in [0.05, 0.1) is 17.3 Å². The molecule has 1 aromatic heterocycles. The Morgan fingerprint density at radius 2 is 1.69 bits per heavy atom. The Bertz CT molecular complexity index is 1090. The molecule has 0 unspecified atom stereocenters. The van der Waals surface area contributed by atoms with E-state index >= 15 is 0 Å². The summed E-state index contributed by atoms with van der Waals surface area (Å²) >= 11 is 0. The Kier molecular flexibility index (Phi) is 5.13. The number of carbonyl (C=O) groups excluding carboxylic acids is 1. The molecule has 1 amide bonds. The molecule has 1 fully saturated rings. The van der Waals surface area contributed by atoms with Crippen LogP contribution < -0.4 is 0 Å². The van der Waals surface area contributed by atoms with Gasteiger partial charge in [-0.25, -0.2) is 4.79 Å². The molecular formula is C24H24N4O4. The number of amides is 1. The van der Waals surface area contributed by atoms with Gasteiger partial charge in [-0.05, 0) is 35.1 Å². The van der Waals surface area contributed by atoms with Crippen molar-refractivity contribution in [3.63, 3.8) is 0 Å². The van der Waals surface area contributed by atoms with Crippen LogP contribution in [0.25, 0.3) is 11.1 Å².